The lowest BCUT2D eigenvalue weighted by Gasteiger charge is -2.02. The molecule has 8 nitrogen and oxygen atoms in total. The Morgan fingerprint density at radius 3 is 3.24 bits per heavy atom. The molecule has 0 aromatic carbocycles. The molecule has 0 unspecified atom stereocenters. The second-order valence-electron chi connectivity index (χ2n) is 3.46. The van der Waals surface area contributed by atoms with E-state index in [9.17, 15) is 4.79 Å². The van der Waals surface area contributed by atoms with E-state index in [4.69, 9.17) is 0 Å². The Morgan fingerprint density at radius 1 is 1.47 bits per heavy atom. The highest BCUT2D eigenvalue weighted by molar-refractivity contribution is 5.48. The van der Waals surface area contributed by atoms with E-state index in [2.05, 4.69) is 30.5 Å². The molecule has 17 heavy (non-hydrogen) atoms. The molecule has 0 bridgehead atoms. The molecule has 3 aromatic rings. The van der Waals surface area contributed by atoms with Crippen LogP contribution >= 0.6 is 0 Å². The number of hydrogen-bond acceptors (Lipinski definition) is 5. The van der Waals surface area contributed by atoms with Crippen LogP contribution in [0.3, 0.4) is 0 Å². The van der Waals surface area contributed by atoms with Crippen LogP contribution in [0.15, 0.2) is 29.7 Å². The van der Waals surface area contributed by atoms with Gasteiger partial charge in [-0.25, -0.2) is 24.3 Å². The molecule has 3 N–H and O–H groups in total. The van der Waals surface area contributed by atoms with Gasteiger partial charge in [-0.1, -0.05) is 0 Å². The molecular formula is C9H9N7O. The van der Waals surface area contributed by atoms with Crippen LogP contribution in [-0.2, 0) is 6.54 Å². The fourth-order valence-corrected chi connectivity index (χ4v) is 1.47. The van der Waals surface area contributed by atoms with Crippen molar-refractivity contribution in [3.63, 3.8) is 0 Å². The minimum atomic E-state index is -0.299. The number of hydrogen-bond donors (Lipinski definition) is 3. The molecule has 8 heteroatoms. The zero-order valence-electron chi connectivity index (χ0n) is 8.71. The van der Waals surface area contributed by atoms with E-state index in [-0.39, 0.29) is 5.69 Å². The maximum absolute atomic E-state index is 11.2. The van der Waals surface area contributed by atoms with Crippen LogP contribution in [-0.4, -0.2) is 29.5 Å². The summed E-state index contributed by atoms with van der Waals surface area (Å²) in [5.41, 5.74) is 1.18. The summed E-state index contributed by atoms with van der Waals surface area (Å²) in [6, 6.07) is 1.69. The Kier molecular flexibility index (Phi) is 2.11. The zero-order valence-corrected chi connectivity index (χ0v) is 8.71. The second-order valence-corrected chi connectivity index (χ2v) is 3.46. The number of imidazole rings is 1. The van der Waals surface area contributed by atoms with Crippen LogP contribution in [0.2, 0.25) is 0 Å². The summed E-state index contributed by atoms with van der Waals surface area (Å²) in [6.07, 6.45) is 4.77. The van der Waals surface area contributed by atoms with Crippen LogP contribution in [0.5, 0.6) is 0 Å². The molecule has 0 saturated carbocycles. The lowest BCUT2D eigenvalue weighted by Crippen LogP contribution is -2.10. The summed E-state index contributed by atoms with van der Waals surface area (Å²) in [5.74, 6) is 0.645. The zero-order chi connectivity index (χ0) is 11.7. The topological polar surface area (TPSA) is 104 Å². The van der Waals surface area contributed by atoms with Gasteiger partial charge in [0.05, 0.1) is 18.6 Å². The van der Waals surface area contributed by atoms with E-state index in [0.29, 0.717) is 18.0 Å². The summed E-state index contributed by atoms with van der Waals surface area (Å²) >= 11 is 0. The Morgan fingerprint density at radius 2 is 2.41 bits per heavy atom. The van der Waals surface area contributed by atoms with Crippen molar-refractivity contribution in [1.29, 1.82) is 0 Å². The Bertz CT molecular complexity index is 681. The molecule has 0 atom stereocenters. The monoisotopic (exact) mass is 231 g/mol. The largest absolute Gasteiger partial charge is 0.364 e. The van der Waals surface area contributed by atoms with Gasteiger partial charge in [-0.2, -0.15) is 5.10 Å². The first kappa shape index (κ1) is 9.58. The normalized spacial score (nSPS) is 10.8. The smallest absolute Gasteiger partial charge is 0.348 e. The Hall–Kier alpha value is -2.64. The maximum Gasteiger partial charge on any atom is 0.348 e. The number of H-pyrrole nitrogens is 2. The van der Waals surface area contributed by atoms with Gasteiger partial charge >= 0.3 is 5.69 Å². The molecule has 3 rings (SSSR count). The number of aromatic nitrogens is 6. The maximum atomic E-state index is 11.2. The van der Waals surface area contributed by atoms with Crippen molar-refractivity contribution in [2.45, 2.75) is 6.54 Å². The van der Waals surface area contributed by atoms with E-state index in [1.807, 2.05) is 0 Å². The van der Waals surface area contributed by atoms with Crippen molar-refractivity contribution < 1.29 is 0 Å². The molecule has 0 fully saturated rings. The van der Waals surface area contributed by atoms with Crippen molar-refractivity contribution in [3.05, 3.63) is 41.1 Å². The number of rotatable bonds is 3. The van der Waals surface area contributed by atoms with Crippen LogP contribution in [0.4, 0.5) is 5.82 Å². The number of fused-ring (bicyclic) bond motifs is 1. The van der Waals surface area contributed by atoms with Gasteiger partial charge in [0.2, 0.25) is 0 Å². The predicted octanol–water partition coefficient (Wildman–Crippen LogP) is -0.247. The first-order valence-electron chi connectivity index (χ1n) is 4.97. The molecule has 0 amide bonds. The lowest BCUT2D eigenvalue weighted by atomic mass is 10.4. The van der Waals surface area contributed by atoms with Crippen LogP contribution in [0.25, 0.3) is 5.65 Å². The fourth-order valence-electron chi connectivity index (χ4n) is 1.47. The third-order valence-corrected chi connectivity index (χ3v) is 2.32. The molecule has 0 aliphatic carbocycles. The molecule has 0 spiro atoms. The second kappa shape index (κ2) is 3.74. The molecule has 0 aliphatic rings. The van der Waals surface area contributed by atoms with Gasteiger partial charge in [0.25, 0.3) is 0 Å². The van der Waals surface area contributed by atoms with Crippen LogP contribution in [0, 0.1) is 0 Å². The number of nitrogens with one attached hydrogen (secondary N) is 3. The van der Waals surface area contributed by atoms with Crippen molar-refractivity contribution in [2.75, 3.05) is 5.32 Å². The molecular weight excluding hydrogens is 222 g/mol. The van der Waals surface area contributed by atoms with Gasteiger partial charge in [-0.05, 0) is 0 Å². The standard InChI is InChI=1S/C9H9N7O/c17-9-15-14-8-1-7(13-5-16(8)9)11-3-6-2-10-4-12-6/h1-2,4-5,11H,3H2,(H,10,12)(H,15,17). The Balaban J connectivity index is 1.83. The van der Waals surface area contributed by atoms with Gasteiger partial charge in [0.1, 0.15) is 12.1 Å². The van der Waals surface area contributed by atoms with E-state index in [0.717, 1.165) is 5.69 Å². The summed E-state index contributed by atoms with van der Waals surface area (Å²) in [6.45, 7) is 0.581. The van der Waals surface area contributed by atoms with E-state index >= 15 is 0 Å². The molecule has 86 valence electrons. The number of aromatic amines is 2. The van der Waals surface area contributed by atoms with Crippen LogP contribution < -0.4 is 11.0 Å². The lowest BCUT2D eigenvalue weighted by molar-refractivity contribution is 0.986. The third kappa shape index (κ3) is 1.75. The quantitative estimate of drug-likeness (QED) is 0.576. The van der Waals surface area contributed by atoms with E-state index in [1.165, 1.54) is 10.7 Å². The molecule has 0 radical (unpaired) electrons. The molecule has 0 saturated heterocycles. The minimum Gasteiger partial charge on any atom is -0.364 e. The minimum absolute atomic E-state index is 0.299. The summed E-state index contributed by atoms with van der Waals surface area (Å²) in [7, 11) is 0. The summed E-state index contributed by atoms with van der Waals surface area (Å²) in [5, 5.41) is 9.29. The first-order chi connectivity index (χ1) is 8.33. The van der Waals surface area contributed by atoms with Gasteiger partial charge in [0.15, 0.2) is 5.65 Å². The predicted molar refractivity (Wildman–Crippen MR) is 59.5 cm³/mol. The average Bonchev–Trinajstić information content (AvgIpc) is 2.97. The van der Waals surface area contributed by atoms with Gasteiger partial charge in [-0.3, -0.25) is 0 Å². The highest BCUT2D eigenvalue weighted by atomic mass is 16.1. The molecule has 3 aromatic heterocycles. The highest BCUT2D eigenvalue weighted by Gasteiger charge is 2.02. The van der Waals surface area contributed by atoms with Crippen molar-refractivity contribution in [1.82, 2.24) is 29.5 Å². The Labute approximate surface area is 94.7 Å². The van der Waals surface area contributed by atoms with Gasteiger partial charge in [0, 0.05) is 12.3 Å². The SMILES string of the molecule is O=c1[nH]nc2cc(NCc3cnc[nH]3)ncn12. The van der Waals surface area contributed by atoms with E-state index in [1.54, 1.807) is 18.6 Å². The first-order valence-corrected chi connectivity index (χ1v) is 4.97. The third-order valence-electron chi connectivity index (χ3n) is 2.32. The highest BCUT2D eigenvalue weighted by Crippen LogP contribution is 2.05. The van der Waals surface area contributed by atoms with Crippen molar-refractivity contribution in [3.8, 4) is 0 Å². The molecule has 0 aliphatic heterocycles. The fraction of sp³-hybridized carbons (Fsp3) is 0.111. The molecule has 3 heterocycles. The van der Waals surface area contributed by atoms with Crippen LogP contribution in [0.1, 0.15) is 5.69 Å². The summed E-state index contributed by atoms with van der Waals surface area (Å²) < 4.78 is 1.33. The van der Waals surface area contributed by atoms with Gasteiger partial charge in [-0.15, -0.1) is 0 Å². The van der Waals surface area contributed by atoms with Crippen molar-refractivity contribution in [2.24, 2.45) is 0 Å². The van der Waals surface area contributed by atoms with E-state index < -0.39 is 0 Å². The van der Waals surface area contributed by atoms with Crippen molar-refractivity contribution >= 4 is 11.5 Å². The van der Waals surface area contributed by atoms with Gasteiger partial charge < -0.3 is 10.3 Å². The average molecular weight is 231 g/mol. The number of nitrogens with zero attached hydrogens (tertiary/aromatic N) is 4. The number of anilines is 1. The summed E-state index contributed by atoms with van der Waals surface area (Å²) in [4.78, 5) is 22.2.